The number of primary amides is 1. The molecule has 0 fully saturated rings. The summed E-state index contributed by atoms with van der Waals surface area (Å²) in [7, 11) is 0. The Bertz CT molecular complexity index is 673. The Labute approximate surface area is 121 Å². The zero-order chi connectivity index (χ0) is 14.7. The van der Waals surface area contributed by atoms with Gasteiger partial charge in [-0.25, -0.2) is 4.98 Å². The van der Waals surface area contributed by atoms with Crippen molar-refractivity contribution >= 4 is 34.2 Å². The summed E-state index contributed by atoms with van der Waals surface area (Å²) >= 11 is 6.09. The molecule has 0 atom stereocenters. The van der Waals surface area contributed by atoms with Gasteiger partial charge in [0.05, 0.1) is 6.54 Å². The van der Waals surface area contributed by atoms with Crippen molar-refractivity contribution in [1.29, 1.82) is 0 Å². The van der Waals surface area contributed by atoms with E-state index in [1.165, 1.54) is 4.90 Å². The first kappa shape index (κ1) is 14.3. The molecule has 2 rings (SSSR count). The molecule has 1 aromatic carbocycles. The second-order valence-corrected chi connectivity index (χ2v) is 4.66. The first-order chi connectivity index (χ1) is 9.52. The van der Waals surface area contributed by atoms with Crippen LogP contribution in [-0.4, -0.2) is 34.8 Å². The van der Waals surface area contributed by atoms with Gasteiger partial charge in [-0.15, -0.1) is 0 Å². The summed E-state index contributed by atoms with van der Waals surface area (Å²) in [6, 6.07) is 9.05. The summed E-state index contributed by atoms with van der Waals surface area (Å²) in [4.78, 5) is 28.7. The fourth-order valence-electron chi connectivity index (χ4n) is 1.94. The van der Waals surface area contributed by atoms with E-state index in [1.54, 1.807) is 13.0 Å². The molecular formula is C14H14ClN3O2. The monoisotopic (exact) mass is 291 g/mol. The standard InChI is InChI=1S/C14H14ClN3O2/c1-2-18(8-12(16)19)14(20)11-7-9-5-3-4-6-10(9)13(15)17-11/h3-7H,2,8H2,1H3,(H2,16,19). The van der Waals surface area contributed by atoms with Gasteiger partial charge in [0.15, 0.2) is 0 Å². The number of hydrogen-bond acceptors (Lipinski definition) is 3. The van der Waals surface area contributed by atoms with Crippen molar-refractivity contribution in [3.8, 4) is 0 Å². The molecule has 104 valence electrons. The van der Waals surface area contributed by atoms with Gasteiger partial charge in [-0.05, 0) is 18.4 Å². The van der Waals surface area contributed by atoms with Crippen molar-refractivity contribution in [3.63, 3.8) is 0 Å². The summed E-state index contributed by atoms with van der Waals surface area (Å²) in [5, 5.41) is 1.87. The number of nitrogens with two attached hydrogens (primary N) is 1. The van der Waals surface area contributed by atoms with Crippen LogP contribution in [0.4, 0.5) is 0 Å². The van der Waals surface area contributed by atoms with Gasteiger partial charge in [0.25, 0.3) is 5.91 Å². The van der Waals surface area contributed by atoms with Crippen LogP contribution in [0.15, 0.2) is 30.3 Å². The predicted octanol–water partition coefficient (Wildman–Crippen LogP) is 1.84. The van der Waals surface area contributed by atoms with E-state index in [1.807, 2.05) is 24.3 Å². The van der Waals surface area contributed by atoms with Crippen LogP contribution >= 0.6 is 11.6 Å². The van der Waals surface area contributed by atoms with Crippen LogP contribution in [0.5, 0.6) is 0 Å². The van der Waals surface area contributed by atoms with Crippen molar-refractivity contribution in [3.05, 3.63) is 41.2 Å². The van der Waals surface area contributed by atoms with E-state index in [0.29, 0.717) is 6.54 Å². The van der Waals surface area contributed by atoms with E-state index in [0.717, 1.165) is 10.8 Å². The van der Waals surface area contributed by atoms with E-state index < -0.39 is 5.91 Å². The Balaban J connectivity index is 2.41. The molecule has 2 N–H and O–H groups in total. The molecule has 0 aliphatic heterocycles. The van der Waals surface area contributed by atoms with Crippen molar-refractivity contribution in [2.75, 3.05) is 13.1 Å². The van der Waals surface area contributed by atoms with Gasteiger partial charge in [0, 0.05) is 11.9 Å². The van der Waals surface area contributed by atoms with Crippen LogP contribution in [0.2, 0.25) is 5.15 Å². The number of rotatable bonds is 4. The van der Waals surface area contributed by atoms with Gasteiger partial charge < -0.3 is 10.6 Å². The molecule has 0 radical (unpaired) electrons. The second-order valence-electron chi connectivity index (χ2n) is 4.31. The molecule has 2 aromatic rings. The number of likely N-dealkylation sites (N-methyl/N-ethyl adjacent to an activating group) is 1. The highest BCUT2D eigenvalue weighted by molar-refractivity contribution is 6.34. The first-order valence-corrected chi connectivity index (χ1v) is 6.53. The number of carbonyl (C=O) groups excluding carboxylic acids is 2. The molecule has 2 amide bonds. The Morgan fingerprint density at radius 1 is 1.35 bits per heavy atom. The average Bonchev–Trinajstić information content (AvgIpc) is 2.43. The van der Waals surface area contributed by atoms with Crippen LogP contribution < -0.4 is 5.73 Å². The smallest absolute Gasteiger partial charge is 0.272 e. The predicted molar refractivity (Wildman–Crippen MR) is 77.5 cm³/mol. The molecule has 6 heteroatoms. The molecule has 0 spiro atoms. The van der Waals surface area contributed by atoms with Gasteiger partial charge in [-0.1, -0.05) is 35.9 Å². The zero-order valence-corrected chi connectivity index (χ0v) is 11.7. The maximum absolute atomic E-state index is 12.3. The molecule has 0 unspecified atom stereocenters. The number of aromatic nitrogens is 1. The van der Waals surface area contributed by atoms with E-state index >= 15 is 0 Å². The Morgan fingerprint density at radius 2 is 2.05 bits per heavy atom. The van der Waals surface area contributed by atoms with E-state index in [-0.39, 0.29) is 23.3 Å². The lowest BCUT2D eigenvalue weighted by molar-refractivity contribution is -0.118. The minimum Gasteiger partial charge on any atom is -0.368 e. The number of carbonyl (C=O) groups is 2. The zero-order valence-electron chi connectivity index (χ0n) is 11.0. The van der Waals surface area contributed by atoms with Crippen LogP contribution in [0.3, 0.4) is 0 Å². The summed E-state index contributed by atoms with van der Waals surface area (Å²) in [5.74, 6) is -0.925. The van der Waals surface area contributed by atoms with Gasteiger partial charge >= 0.3 is 0 Å². The number of halogens is 1. The number of hydrogen-bond donors (Lipinski definition) is 1. The molecule has 0 aliphatic carbocycles. The Morgan fingerprint density at radius 3 is 2.70 bits per heavy atom. The van der Waals surface area contributed by atoms with Gasteiger partial charge in [-0.2, -0.15) is 0 Å². The lowest BCUT2D eigenvalue weighted by Gasteiger charge is -2.18. The van der Waals surface area contributed by atoms with E-state index in [2.05, 4.69) is 4.98 Å². The highest BCUT2D eigenvalue weighted by atomic mass is 35.5. The molecule has 0 bridgehead atoms. The number of nitrogens with zero attached hydrogens (tertiary/aromatic N) is 2. The Hall–Kier alpha value is -2.14. The maximum Gasteiger partial charge on any atom is 0.272 e. The summed E-state index contributed by atoms with van der Waals surface area (Å²) in [5.41, 5.74) is 5.33. The van der Waals surface area contributed by atoms with Crippen molar-refractivity contribution in [2.45, 2.75) is 6.92 Å². The first-order valence-electron chi connectivity index (χ1n) is 6.15. The third kappa shape index (κ3) is 2.88. The summed E-state index contributed by atoms with van der Waals surface area (Å²) in [6.45, 7) is 2.00. The van der Waals surface area contributed by atoms with Crippen LogP contribution in [0.25, 0.3) is 10.8 Å². The van der Waals surface area contributed by atoms with E-state index in [4.69, 9.17) is 17.3 Å². The van der Waals surface area contributed by atoms with Crippen molar-refractivity contribution in [1.82, 2.24) is 9.88 Å². The van der Waals surface area contributed by atoms with E-state index in [9.17, 15) is 9.59 Å². The number of pyridine rings is 1. The minimum absolute atomic E-state index is 0.137. The summed E-state index contributed by atoms with van der Waals surface area (Å²) in [6.07, 6.45) is 0. The molecular weight excluding hydrogens is 278 g/mol. The van der Waals surface area contributed by atoms with Crippen LogP contribution in [0, 0.1) is 0 Å². The molecule has 1 heterocycles. The minimum atomic E-state index is -0.563. The number of fused-ring (bicyclic) bond motifs is 1. The average molecular weight is 292 g/mol. The molecule has 1 aromatic heterocycles. The maximum atomic E-state index is 12.3. The molecule has 0 aliphatic rings. The van der Waals surface area contributed by atoms with Crippen molar-refractivity contribution in [2.24, 2.45) is 5.73 Å². The SMILES string of the molecule is CCN(CC(N)=O)C(=O)c1cc2ccccc2c(Cl)n1. The number of benzene rings is 1. The largest absolute Gasteiger partial charge is 0.368 e. The summed E-state index contributed by atoms with van der Waals surface area (Å²) < 4.78 is 0. The lowest BCUT2D eigenvalue weighted by atomic mass is 10.1. The molecule has 20 heavy (non-hydrogen) atoms. The third-order valence-corrected chi connectivity index (χ3v) is 3.22. The fraction of sp³-hybridized carbons (Fsp3) is 0.214. The van der Waals surface area contributed by atoms with Gasteiger partial charge in [0.2, 0.25) is 5.91 Å². The molecule has 0 saturated carbocycles. The normalized spacial score (nSPS) is 10.5. The highest BCUT2D eigenvalue weighted by Gasteiger charge is 2.18. The van der Waals surface area contributed by atoms with Crippen LogP contribution in [0.1, 0.15) is 17.4 Å². The van der Waals surface area contributed by atoms with Gasteiger partial charge in [0.1, 0.15) is 10.8 Å². The quantitative estimate of drug-likeness (QED) is 0.873. The second kappa shape index (κ2) is 5.88. The fourth-order valence-corrected chi connectivity index (χ4v) is 2.21. The lowest BCUT2D eigenvalue weighted by Crippen LogP contribution is -2.38. The molecule has 0 saturated heterocycles. The highest BCUT2D eigenvalue weighted by Crippen LogP contribution is 2.22. The third-order valence-electron chi connectivity index (χ3n) is 2.93. The van der Waals surface area contributed by atoms with Crippen LogP contribution in [-0.2, 0) is 4.79 Å². The number of amides is 2. The molecule has 5 nitrogen and oxygen atoms in total. The topological polar surface area (TPSA) is 76.3 Å². The Kier molecular flexibility index (Phi) is 4.20. The van der Waals surface area contributed by atoms with Crippen molar-refractivity contribution < 1.29 is 9.59 Å². The van der Waals surface area contributed by atoms with Gasteiger partial charge in [-0.3, -0.25) is 9.59 Å².